The number of hydrogen-bond acceptors (Lipinski definition) is 3. The van der Waals surface area contributed by atoms with E-state index in [0.717, 1.165) is 46.8 Å². The Bertz CT molecular complexity index is 1160. The van der Waals surface area contributed by atoms with Gasteiger partial charge in [-0.05, 0) is 87.6 Å². The van der Waals surface area contributed by atoms with E-state index in [0.29, 0.717) is 18.0 Å². The van der Waals surface area contributed by atoms with Gasteiger partial charge in [-0.1, -0.05) is 66.1 Å². The van der Waals surface area contributed by atoms with Crippen molar-refractivity contribution in [3.05, 3.63) is 77.4 Å². The summed E-state index contributed by atoms with van der Waals surface area (Å²) in [6.45, 7) is 8.50. The molecule has 33 heavy (non-hydrogen) atoms. The summed E-state index contributed by atoms with van der Waals surface area (Å²) in [5.74, 6) is 0. The van der Waals surface area contributed by atoms with Crippen molar-refractivity contribution < 1.29 is 8.42 Å². The average molecular weight is 465 g/mol. The number of benzene rings is 3. The topological polar surface area (TPSA) is 40.6 Å². The smallest absolute Gasteiger partial charge is 0.243 e. The molecule has 0 spiro atoms. The summed E-state index contributed by atoms with van der Waals surface area (Å²) in [4.78, 5) is 2.90. The molecule has 0 radical (unpaired) electrons. The molecule has 4 nitrogen and oxygen atoms in total. The molecule has 1 saturated heterocycles. The van der Waals surface area contributed by atoms with Gasteiger partial charge < -0.3 is 4.90 Å². The Morgan fingerprint density at radius 3 is 2.24 bits per heavy atom. The molecule has 0 atom stereocenters. The lowest BCUT2D eigenvalue weighted by Gasteiger charge is -2.27. The zero-order valence-corrected chi connectivity index (χ0v) is 20.8. The van der Waals surface area contributed by atoms with Crippen LogP contribution in [0.2, 0.25) is 0 Å². The van der Waals surface area contributed by atoms with E-state index < -0.39 is 10.0 Å². The molecule has 1 heterocycles. The van der Waals surface area contributed by atoms with E-state index in [1.165, 1.54) is 32.4 Å². The average Bonchev–Trinajstić information content (AvgIpc) is 2.80. The Kier molecular flexibility index (Phi) is 7.84. The van der Waals surface area contributed by atoms with Crippen molar-refractivity contribution in [1.29, 1.82) is 0 Å². The maximum absolute atomic E-state index is 13.8. The van der Waals surface area contributed by atoms with Crippen LogP contribution in [0.4, 0.5) is 0 Å². The molecule has 0 N–H and O–H groups in total. The minimum Gasteiger partial charge on any atom is -0.303 e. The second-order valence-corrected chi connectivity index (χ2v) is 11.4. The van der Waals surface area contributed by atoms with Crippen molar-refractivity contribution in [1.82, 2.24) is 9.21 Å². The molecule has 3 aromatic rings. The van der Waals surface area contributed by atoms with Crippen LogP contribution in [0.25, 0.3) is 10.8 Å². The van der Waals surface area contributed by atoms with Gasteiger partial charge >= 0.3 is 0 Å². The van der Waals surface area contributed by atoms with Crippen LogP contribution in [-0.4, -0.2) is 43.8 Å². The predicted molar refractivity (Wildman–Crippen MR) is 137 cm³/mol. The molecule has 0 amide bonds. The molecule has 0 aromatic heterocycles. The van der Waals surface area contributed by atoms with Crippen LogP contribution in [0.1, 0.15) is 48.8 Å². The number of piperidine rings is 1. The van der Waals surface area contributed by atoms with Crippen molar-refractivity contribution in [3.8, 4) is 0 Å². The highest BCUT2D eigenvalue weighted by molar-refractivity contribution is 7.89. The highest BCUT2D eigenvalue weighted by Gasteiger charge is 2.25. The minimum atomic E-state index is -3.60. The highest BCUT2D eigenvalue weighted by atomic mass is 32.2. The van der Waals surface area contributed by atoms with E-state index in [9.17, 15) is 8.42 Å². The normalized spacial score (nSPS) is 15.4. The Morgan fingerprint density at radius 2 is 1.52 bits per heavy atom. The molecule has 0 unspecified atom stereocenters. The number of fused-ring (bicyclic) bond motifs is 1. The zero-order chi connectivity index (χ0) is 23.3. The second-order valence-electron chi connectivity index (χ2n) is 9.45. The van der Waals surface area contributed by atoms with Gasteiger partial charge in [0, 0.05) is 13.1 Å². The molecule has 4 rings (SSSR count). The van der Waals surface area contributed by atoms with Crippen LogP contribution < -0.4 is 0 Å². The van der Waals surface area contributed by atoms with Gasteiger partial charge in [0.25, 0.3) is 0 Å². The van der Waals surface area contributed by atoms with E-state index in [1.807, 2.05) is 36.4 Å². The highest BCUT2D eigenvalue weighted by Crippen LogP contribution is 2.24. The minimum absolute atomic E-state index is 0.376. The van der Waals surface area contributed by atoms with E-state index in [4.69, 9.17) is 0 Å². The zero-order valence-electron chi connectivity index (χ0n) is 20.0. The van der Waals surface area contributed by atoms with Crippen molar-refractivity contribution in [2.45, 2.75) is 57.4 Å². The Labute approximate surface area is 199 Å². The first kappa shape index (κ1) is 23.9. The lowest BCUT2D eigenvalue weighted by Crippen LogP contribution is -2.33. The summed E-state index contributed by atoms with van der Waals surface area (Å²) in [5.41, 5.74) is 3.38. The molecule has 176 valence electrons. The van der Waals surface area contributed by atoms with E-state index in [2.05, 4.69) is 36.9 Å². The van der Waals surface area contributed by atoms with Crippen LogP contribution >= 0.6 is 0 Å². The third-order valence-corrected chi connectivity index (χ3v) is 8.42. The molecule has 1 fully saturated rings. The third-order valence-electron chi connectivity index (χ3n) is 6.58. The summed E-state index contributed by atoms with van der Waals surface area (Å²) in [6, 6.07) is 19.7. The number of rotatable bonds is 9. The van der Waals surface area contributed by atoms with E-state index in [1.54, 1.807) is 10.4 Å². The molecule has 0 saturated carbocycles. The molecular weight excluding hydrogens is 428 g/mol. The summed E-state index contributed by atoms with van der Waals surface area (Å²) in [6.07, 6.45) is 5.80. The number of aryl methyl sites for hydroxylation is 2. The van der Waals surface area contributed by atoms with Gasteiger partial charge in [-0.2, -0.15) is 4.31 Å². The Hall–Kier alpha value is -2.21. The predicted octanol–water partition coefficient (Wildman–Crippen LogP) is 5.91. The number of unbranched alkanes of at least 4 members (excludes halogenated alkanes) is 1. The van der Waals surface area contributed by atoms with Crippen LogP contribution in [0.15, 0.2) is 65.6 Å². The molecule has 5 heteroatoms. The summed E-state index contributed by atoms with van der Waals surface area (Å²) < 4.78 is 29.2. The largest absolute Gasteiger partial charge is 0.303 e. The molecule has 1 aliphatic rings. The van der Waals surface area contributed by atoms with Crippen molar-refractivity contribution in [2.24, 2.45) is 0 Å². The van der Waals surface area contributed by atoms with Crippen molar-refractivity contribution >= 4 is 20.8 Å². The van der Waals surface area contributed by atoms with Gasteiger partial charge in [-0.25, -0.2) is 8.42 Å². The molecular formula is C28H36N2O2S. The first-order chi connectivity index (χ1) is 15.9. The molecule has 0 bridgehead atoms. The number of nitrogens with zero attached hydrogens (tertiary/aromatic N) is 2. The monoisotopic (exact) mass is 464 g/mol. The fourth-order valence-corrected chi connectivity index (χ4v) is 6.43. The van der Waals surface area contributed by atoms with Gasteiger partial charge in [0.05, 0.1) is 4.90 Å². The standard InChI is InChI=1S/C28H36N2O2S/c1-23-18-24(2)20-25(19-23)22-30(17-9-8-16-29-14-6-3-7-15-29)33(31,32)28-13-12-26-10-4-5-11-27(26)21-28/h4-5,10-13,18-21H,3,6-9,14-17,22H2,1-2H3. The van der Waals surface area contributed by atoms with Gasteiger partial charge in [-0.3, -0.25) is 0 Å². The van der Waals surface area contributed by atoms with Gasteiger partial charge in [-0.15, -0.1) is 0 Å². The van der Waals surface area contributed by atoms with Crippen LogP contribution in [0.5, 0.6) is 0 Å². The summed E-state index contributed by atoms with van der Waals surface area (Å²) in [7, 11) is -3.60. The Morgan fingerprint density at radius 1 is 0.818 bits per heavy atom. The summed E-state index contributed by atoms with van der Waals surface area (Å²) >= 11 is 0. The quantitative estimate of drug-likeness (QED) is 0.369. The maximum atomic E-state index is 13.8. The lowest BCUT2D eigenvalue weighted by molar-refractivity contribution is 0.222. The third kappa shape index (κ3) is 6.23. The van der Waals surface area contributed by atoms with E-state index >= 15 is 0 Å². The first-order valence-corrected chi connectivity index (χ1v) is 13.6. The van der Waals surface area contributed by atoms with Gasteiger partial charge in [0.15, 0.2) is 0 Å². The number of hydrogen-bond donors (Lipinski definition) is 0. The van der Waals surface area contributed by atoms with Crippen molar-refractivity contribution in [2.75, 3.05) is 26.2 Å². The van der Waals surface area contributed by atoms with E-state index in [-0.39, 0.29) is 0 Å². The summed E-state index contributed by atoms with van der Waals surface area (Å²) in [5, 5.41) is 2.01. The lowest BCUT2D eigenvalue weighted by atomic mass is 10.1. The SMILES string of the molecule is Cc1cc(C)cc(CN(CCCCN2CCCCC2)S(=O)(=O)c2ccc3ccccc3c2)c1. The fourth-order valence-electron chi connectivity index (χ4n) is 4.93. The molecule has 3 aromatic carbocycles. The van der Waals surface area contributed by atoms with Gasteiger partial charge in [0.2, 0.25) is 10.0 Å². The maximum Gasteiger partial charge on any atom is 0.243 e. The van der Waals surface area contributed by atoms with Gasteiger partial charge in [0.1, 0.15) is 0 Å². The first-order valence-electron chi connectivity index (χ1n) is 12.2. The second kappa shape index (κ2) is 10.8. The van der Waals surface area contributed by atoms with Crippen molar-refractivity contribution in [3.63, 3.8) is 0 Å². The van der Waals surface area contributed by atoms with Crippen LogP contribution in [-0.2, 0) is 16.6 Å². The Balaban J connectivity index is 1.54. The number of sulfonamides is 1. The van der Waals surface area contributed by atoms with Crippen LogP contribution in [0, 0.1) is 13.8 Å². The molecule has 1 aliphatic heterocycles. The van der Waals surface area contributed by atoms with Crippen LogP contribution in [0.3, 0.4) is 0 Å². The molecule has 0 aliphatic carbocycles. The fraction of sp³-hybridized carbons (Fsp3) is 0.429. The number of likely N-dealkylation sites (tertiary alicyclic amines) is 1.